The highest BCUT2D eigenvalue weighted by atomic mass is 35.5. The lowest BCUT2D eigenvalue weighted by Crippen LogP contribution is -3.00. The molecule has 3 heterocycles. The van der Waals surface area contributed by atoms with E-state index in [1.54, 1.807) is 0 Å². The molecule has 0 spiro atoms. The van der Waals surface area contributed by atoms with Crippen LogP contribution < -0.4 is 27.5 Å². The van der Waals surface area contributed by atoms with Crippen LogP contribution >= 0.6 is 0 Å². The van der Waals surface area contributed by atoms with Crippen LogP contribution in [0.1, 0.15) is 107 Å². The molecule has 3 aliphatic heterocycles. The van der Waals surface area contributed by atoms with Crippen molar-refractivity contribution in [3.8, 4) is 11.8 Å². The smallest absolute Gasteiger partial charge is 0.227 e. The van der Waals surface area contributed by atoms with E-state index in [1.807, 2.05) is 47.4 Å². The minimum atomic E-state index is -0.110. The van der Waals surface area contributed by atoms with Gasteiger partial charge < -0.3 is 27.5 Å². The standard InChI is InChI=1S/C55H60N4O2.ClH/c1-54(2)45-28-18-21-31-48(45)57(5)50(54)33-11-7-6-8-12-34-51-55(3,4)46-29-19-22-32-49(46)58(51)40-24-10-13-35-52(60)56-39-23-9-14-36-53(61)59-41-44-27-16-15-25-42(44)37-38-43-26-17-20-30-47(43)59;/h6-8,11-12,15-22,25-34H,9-10,13-14,23-24,35-36,39-41H2,1-5H3;1H. The Morgan fingerprint density at radius 1 is 0.677 bits per heavy atom. The van der Waals surface area contributed by atoms with Crippen molar-refractivity contribution in [3.63, 3.8) is 0 Å². The molecule has 0 atom stereocenters. The molecular formula is C55H61ClN4O2. The summed E-state index contributed by atoms with van der Waals surface area (Å²) in [6.45, 7) is 11.3. The van der Waals surface area contributed by atoms with Crippen LogP contribution in [0, 0.1) is 11.8 Å². The molecule has 6 nitrogen and oxygen atoms in total. The van der Waals surface area contributed by atoms with Crippen molar-refractivity contribution in [1.29, 1.82) is 0 Å². The molecule has 0 saturated carbocycles. The van der Waals surface area contributed by atoms with Gasteiger partial charge in [-0.3, -0.25) is 9.59 Å². The number of rotatable bonds is 16. The normalized spacial score (nSPS) is 16.4. The highest BCUT2D eigenvalue weighted by Crippen LogP contribution is 2.47. The molecule has 7 rings (SSSR count). The van der Waals surface area contributed by atoms with Crippen LogP contribution in [-0.2, 0) is 27.0 Å². The summed E-state index contributed by atoms with van der Waals surface area (Å²) in [6.07, 6.45) is 21.5. The summed E-state index contributed by atoms with van der Waals surface area (Å²) < 4.78 is 2.30. The average Bonchev–Trinajstić information content (AvgIpc) is 3.59. The second kappa shape index (κ2) is 20.8. The molecule has 4 aromatic carbocycles. The lowest BCUT2D eigenvalue weighted by atomic mass is 9.81. The summed E-state index contributed by atoms with van der Waals surface area (Å²) in [5, 5.41) is 3.11. The van der Waals surface area contributed by atoms with Crippen molar-refractivity contribution in [1.82, 2.24) is 5.32 Å². The summed E-state index contributed by atoms with van der Waals surface area (Å²) >= 11 is 0. The van der Waals surface area contributed by atoms with Crippen molar-refractivity contribution in [2.24, 2.45) is 0 Å². The van der Waals surface area contributed by atoms with Gasteiger partial charge in [-0.15, -0.1) is 0 Å². The molecule has 62 heavy (non-hydrogen) atoms. The topological polar surface area (TPSA) is 55.7 Å². The largest absolute Gasteiger partial charge is 1.00 e. The number of unbranched alkanes of at least 4 members (excludes halogenated alkanes) is 4. The van der Waals surface area contributed by atoms with E-state index in [0.717, 1.165) is 67.4 Å². The molecule has 4 aromatic rings. The minimum Gasteiger partial charge on any atom is -1.00 e. The Labute approximate surface area is 376 Å². The number of carbonyl (C=O) groups excluding carboxylic acids is 2. The third kappa shape index (κ3) is 10.2. The number of allylic oxidation sites excluding steroid dienone is 8. The molecule has 0 fully saturated rings. The number of nitrogens with one attached hydrogen (secondary N) is 1. The Morgan fingerprint density at radius 2 is 1.31 bits per heavy atom. The zero-order valence-electron chi connectivity index (χ0n) is 37.1. The van der Waals surface area contributed by atoms with Crippen LogP contribution in [-0.4, -0.2) is 42.2 Å². The zero-order valence-corrected chi connectivity index (χ0v) is 37.8. The summed E-state index contributed by atoms with van der Waals surface area (Å²) in [6, 6.07) is 33.4. The molecule has 320 valence electrons. The van der Waals surface area contributed by atoms with Crippen LogP contribution in [0.3, 0.4) is 0 Å². The number of hydrogen-bond acceptors (Lipinski definition) is 3. The third-order valence-electron chi connectivity index (χ3n) is 12.5. The summed E-state index contributed by atoms with van der Waals surface area (Å²) in [5.41, 5.74) is 11.5. The Bertz CT molecular complexity index is 2480. The van der Waals surface area contributed by atoms with Gasteiger partial charge in [0.2, 0.25) is 17.5 Å². The Kier molecular flexibility index (Phi) is 15.3. The van der Waals surface area contributed by atoms with E-state index in [1.165, 1.54) is 33.9 Å². The highest BCUT2D eigenvalue weighted by Gasteiger charge is 2.42. The van der Waals surface area contributed by atoms with Gasteiger partial charge in [0, 0.05) is 71.6 Å². The number of nitrogens with zero attached hydrogens (tertiary/aromatic N) is 3. The van der Waals surface area contributed by atoms with E-state index in [-0.39, 0.29) is 35.1 Å². The second-order valence-electron chi connectivity index (χ2n) is 17.4. The molecule has 3 aliphatic rings. The van der Waals surface area contributed by atoms with E-state index in [2.05, 4.69) is 159 Å². The number of fused-ring (bicyclic) bond motifs is 4. The van der Waals surface area contributed by atoms with Gasteiger partial charge in [-0.1, -0.05) is 136 Å². The predicted molar refractivity (Wildman–Crippen MR) is 253 cm³/mol. The SMILES string of the molecule is C[N+]1=C(C=CC=CC=CC=C2N(CCCCCC(=O)NCCCCCC(=O)N3Cc4ccccc4C#Cc4ccccc43)c3ccccc3C2(C)C)C(C)(C)c2ccccc21.[Cl-]. The number of benzene rings is 4. The maximum Gasteiger partial charge on any atom is 0.227 e. The van der Waals surface area contributed by atoms with Crippen molar-refractivity contribution in [2.45, 2.75) is 96.4 Å². The predicted octanol–water partition coefficient (Wildman–Crippen LogP) is 8.23. The number of halogens is 1. The monoisotopic (exact) mass is 844 g/mol. The first-order chi connectivity index (χ1) is 29.6. The van der Waals surface area contributed by atoms with Crippen molar-refractivity contribution in [3.05, 3.63) is 173 Å². The first-order valence-electron chi connectivity index (χ1n) is 22.1. The van der Waals surface area contributed by atoms with E-state index < -0.39 is 0 Å². The molecular weight excluding hydrogens is 784 g/mol. The number of carbonyl (C=O) groups is 2. The lowest BCUT2D eigenvalue weighted by Gasteiger charge is -2.27. The number of para-hydroxylation sites is 3. The molecule has 0 saturated heterocycles. The summed E-state index contributed by atoms with van der Waals surface area (Å²) in [7, 11) is 2.15. The van der Waals surface area contributed by atoms with Crippen LogP contribution in [0.25, 0.3) is 0 Å². The van der Waals surface area contributed by atoms with Crippen molar-refractivity contribution >= 4 is 34.6 Å². The van der Waals surface area contributed by atoms with Gasteiger partial charge in [0.15, 0.2) is 5.71 Å². The first kappa shape index (κ1) is 45.6. The third-order valence-corrected chi connectivity index (χ3v) is 12.5. The fourth-order valence-corrected chi connectivity index (χ4v) is 9.14. The summed E-state index contributed by atoms with van der Waals surface area (Å²) in [4.78, 5) is 30.6. The van der Waals surface area contributed by atoms with Crippen molar-refractivity contribution in [2.75, 3.05) is 29.9 Å². The van der Waals surface area contributed by atoms with Crippen molar-refractivity contribution < 1.29 is 26.6 Å². The van der Waals surface area contributed by atoms with E-state index in [0.29, 0.717) is 25.9 Å². The number of hydrogen-bond donors (Lipinski definition) is 1. The van der Waals surface area contributed by atoms with Crippen LogP contribution in [0.15, 0.2) is 145 Å². The number of anilines is 2. The second-order valence-corrected chi connectivity index (χ2v) is 17.4. The summed E-state index contributed by atoms with van der Waals surface area (Å²) in [5.74, 6) is 6.77. The highest BCUT2D eigenvalue weighted by molar-refractivity contribution is 6.03. The quantitative estimate of drug-likeness (QED) is 0.0536. The van der Waals surface area contributed by atoms with Gasteiger partial charge >= 0.3 is 0 Å². The molecule has 1 N–H and O–H groups in total. The van der Waals surface area contributed by atoms with Gasteiger partial charge in [-0.25, -0.2) is 0 Å². The van der Waals surface area contributed by atoms with Crippen LogP contribution in [0.4, 0.5) is 17.1 Å². The first-order valence-corrected chi connectivity index (χ1v) is 22.1. The molecule has 0 radical (unpaired) electrons. The molecule has 2 amide bonds. The average molecular weight is 846 g/mol. The number of amides is 2. The van der Waals surface area contributed by atoms with Gasteiger partial charge in [-0.05, 0) is 81.0 Å². The van der Waals surface area contributed by atoms with E-state index in [9.17, 15) is 9.59 Å². The molecule has 0 bridgehead atoms. The Morgan fingerprint density at radius 3 is 2.11 bits per heavy atom. The fourth-order valence-electron chi connectivity index (χ4n) is 9.14. The van der Waals surface area contributed by atoms with E-state index >= 15 is 0 Å². The van der Waals surface area contributed by atoms with Gasteiger partial charge in [-0.2, -0.15) is 4.58 Å². The molecule has 0 unspecified atom stereocenters. The van der Waals surface area contributed by atoms with Gasteiger partial charge in [0.1, 0.15) is 7.05 Å². The van der Waals surface area contributed by atoms with E-state index in [4.69, 9.17) is 0 Å². The van der Waals surface area contributed by atoms with Crippen LogP contribution in [0.5, 0.6) is 0 Å². The Balaban J connectivity index is 0.00000641. The lowest BCUT2D eigenvalue weighted by molar-refractivity contribution is -0.401. The maximum atomic E-state index is 13.5. The maximum absolute atomic E-state index is 13.5. The zero-order chi connectivity index (χ0) is 42.8. The minimum absolute atomic E-state index is 0. The fraction of sp³-hybridized carbons (Fsp3) is 0.327. The van der Waals surface area contributed by atoms with Gasteiger partial charge in [0.05, 0.1) is 17.6 Å². The molecule has 0 aromatic heterocycles. The van der Waals surface area contributed by atoms with Gasteiger partial charge in [0.25, 0.3) is 0 Å². The van der Waals surface area contributed by atoms with Crippen LogP contribution in [0.2, 0.25) is 0 Å². The molecule has 0 aliphatic carbocycles. The Hall–Kier alpha value is -5.90. The molecule has 7 heteroatoms.